The molecule has 0 saturated carbocycles. The zero-order valence-corrected chi connectivity index (χ0v) is 15.6. The molecule has 0 fully saturated rings. The molecule has 0 spiro atoms. The summed E-state index contributed by atoms with van der Waals surface area (Å²) >= 11 is 11.7. The number of hydrogen-bond acceptors (Lipinski definition) is 5. The van der Waals surface area contributed by atoms with E-state index in [0.29, 0.717) is 10.4 Å². The quantitative estimate of drug-likeness (QED) is 0.627. The Balaban J connectivity index is 1.73. The number of nitrogens with zero attached hydrogens (tertiary/aromatic N) is 1. The summed E-state index contributed by atoms with van der Waals surface area (Å²) in [6, 6.07) is 11.6. The average molecular weight is 405 g/mol. The van der Waals surface area contributed by atoms with E-state index >= 15 is 0 Å². The normalized spacial score (nSPS) is 11.8. The second-order valence-electron chi connectivity index (χ2n) is 5.70. The first-order valence-electron chi connectivity index (χ1n) is 7.90. The summed E-state index contributed by atoms with van der Waals surface area (Å²) in [5.74, 6) is -1.55. The van der Waals surface area contributed by atoms with Crippen LogP contribution in [0.15, 0.2) is 48.7 Å². The van der Waals surface area contributed by atoms with Crippen molar-refractivity contribution in [3.05, 3.63) is 64.3 Å². The van der Waals surface area contributed by atoms with Crippen LogP contribution in [0.4, 0.5) is 5.82 Å². The van der Waals surface area contributed by atoms with E-state index in [9.17, 15) is 14.7 Å². The monoisotopic (exact) mass is 404 g/mol. The molecule has 0 unspecified atom stereocenters. The molecule has 0 aliphatic carbocycles. The van der Waals surface area contributed by atoms with E-state index in [4.69, 9.17) is 27.9 Å². The second-order valence-corrected chi connectivity index (χ2v) is 6.55. The predicted octanol–water partition coefficient (Wildman–Crippen LogP) is 4.43. The van der Waals surface area contributed by atoms with Crippen molar-refractivity contribution < 1.29 is 19.4 Å². The zero-order chi connectivity index (χ0) is 19.6. The number of halogens is 2. The van der Waals surface area contributed by atoms with Gasteiger partial charge in [-0.05, 0) is 24.4 Å². The first-order chi connectivity index (χ1) is 12.9. The fourth-order valence-corrected chi connectivity index (χ4v) is 2.85. The highest BCUT2D eigenvalue weighted by atomic mass is 35.5. The number of ether oxygens (including phenoxy) is 1. The third-order valence-corrected chi connectivity index (χ3v) is 4.32. The van der Waals surface area contributed by atoms with Gasteiger partial charge in [-0.15, -0.1) is 0 Å². The summed E-state index contributed by atoms with van der Waals surface area (Å²) in [7, 11) is 0. The molecule has 6 nitrogen and oxygen atoms in total. The molecule has 3 rings (SSSR count). The van der Waals surface area contributed by atoms with Gasteiger partial charge >= 0.3 is 5.97 Å². The van der Waals surface area contributed by atoms with Gasteiger partial charge in [-0.25, -0.2) is 9.78 Å². The van der Waals surface area contributed by atoms with Crippen molar-refractivity contribution >= 4 is 51.7 Å². The number of pyridine rings is 1. The number of phenols is 1. The minimum absolute atomic E-state index is 0.0315. The number of nitrogens with one attached hydrogen (secondary N) is 1. The SMILES string of the molecule is C[C@@H](OC(=O)c1ccc2ccccc2c1O)C(=O)Nc1ncc(Cl)cc1Cl. The van der Waals surface area contributed by atoms with Gasteiger partial charge in [0.25, 0.3) is 5.91 Å². The lowest BCUT2D eigenvalue weighted by atomic mass is 10.1. The first kappa shape index (κ1) is 18.9. The number of fused-ring (bicyclic) bond motifs is 1. The van der Waals surface area contributed by atoms with Gasteiger partial charge in [-0.3, -0.25) is 4.79 Å². The standard InChI is InChI=1S/C19H14Cl2N2O4/c1-10(18(25)23-17-15(21)8-12(20)9-22-17)27-19(26)14-7-6-11-4-2-3-5-13(11)16(14)24/h2-10,24H,1H3,(H,22,23,25)/t10-/m1/s1. The number of hydrogen-bond donors (Lipinski definition) is 2. The summed E-state index contributed by atoms with van der Waals surface area (Å²) in [6.45, 7) is 1.40. The lowest BCUT2D eigenvalue weighted by Crippen LogP contribution is -2.30. The van der Waals surface area contributed by atoms with Crippen LogP contribution in [-0.2, 0) is 9.53 Å². The molecule has 2 N–H and O–H groups in total. The van der Waals surface area contributed by atoms with E-state index in [1.165, 1.54) is 25.3 Å². The number of esters is 1. The van der Waals surface area contributed by atoms with Gasteiger partial charge in [0.2, 0.25) is 0 Å². The highest BCUT2D eigenvalue weighted by Crippen LogP contribution is 2.29. The molecule has 0 aliphatic rings. The average Bonchev–Trinajstić information content (AvgIpc) is 2.64. The molecule has 0 saturated heterocycles. The minimum atomic E-state index is -1.14. The number of phenolic OH excluding ortho intramolecular Hbond substituents is 1. The van der Waals surface area contributed by atoms with Crippen LogP contribution in [0.3, 0.4) is 0 Å². The van der Waals surface area contributed by atoms with Crippen LogP contribution in [0.2, 0.25) is 10.0 Å². The van der Waals surface area contributed by atoms with Crippen molar-refractivity contribution in [1.29, 1.82) is 0 Å². The number of amides is 1. The molecule has 0 aliphatic heterocycles. The molecule has 3 aromatic rings. The van der Waals surface area contributed by atoms with Gasteiger partial charge in [-0.1, -0.05) is 53.5 Å². The lowest BCUT2D eigenvalue weighted by Gasteiger charge is -2.14. The van der Waals surface area contributed by atoms with Crippen LogP contribution in [0.1, 0.15) is 17.3 Å². The fourth-order valence-electron chi connectivity index (χ4n) is 2.42. The number of carbonyl (C=O) groups is 2. The third-order valence-electron chi connectivity index (χ3n) is 3.82. The summed E-state index contributed by atoms with van der Waals surface area (Å²) in [4.78, 5) is 28.5. The van der Waals surface area contributed by atoms with E-state index in [2.05, 4.69) is 10.3 Å². The van der Waals surface area contributed by atoms with Gasteiger partial charge in [0.15, 0.2) is 11.9 Å². The van der Waals surface area contributed by atoms with Gasteiger partial charge in [0.1, 0.15) is 11.3 Å². The van der Waals surface area contributed by atoms with Crippen LogP contribution < -0.4 is 5.32 Å². The van der Waals surface area contributed by atoms with E-state index in [-0.39, 0.29) is 22.2 Å². The minimum Gasteiger partial charge on any atom is -0.506 e. The van der Waals surface area contributed by atoms with Gasteiger partial charge in [0.05, 0.1) is 10.0 Å². The van der Waals surface area contributed by atoms with Crippen LogP contribution in [-0.4, -0.2) is 28.1 Å². The molecular formula is C19H14Cl2N2O4. The molecule has 0 bridgehead atoms. The van der Waals surface area contributed by atoms with E-state index in [1.54, 1.807) is 18.2 Å². The van der Waals surface area contributed by atoms with Gasteiger partial charge in [-0.2, -0.15) is 0 Å². The lowest BCUT2D eigenvalue weighted by molar-refractivity contribution is -0.123. The third kappa shape index (κ3) is 4.13. The molecule has 1 atom stereocenters. The Morgan fingerprint density at radius 2 is 1.93 bits per heavy atom. The Labute approximate surface area is 164 Å². The Morgan fingerprint density at radius 1 is 1.19 bits per heavy atom. The molecule has 8 heteroatoms. The summed E-state index contributed by atoms with van der Waals surface area (Å²) < 4.78 is 5.16. The van der Waals surface area contributed by atoms with E-state index < -0.39 is 18.0 Å². The number of carbonyl (C=O) groups excluding carboxylic acids is 2. The Morgan fingerprint density at radius 3 is 2.67 bits per heavy atom. The van der Waals surface area contributed by atoms with E-state index in [0.717, 1.165) is 5.39 Å². The van der Waals surface area contributed by atoms with Crippen molar-refractivity contribution in [3.63, 3.8) is 0 Å². The molecule has 138 valence electrons. The topological polar surface area (TPSA) is 88.5 Å². The molecular weight excluding hydrogens is 391 g/mol. The number of benzene rings is 2. The van der Waals surface area contributed by atoms with E-state index in [1.807, 2.05) is 12.1 Å². The number of rotatable bonds is 4. The van der Waals surface area contributed by atoms with Crippen molar-refractivity contribution in [2.45, 2.75) is 13.0 Å². The summed E-state index contributed by atoms with van der Waals surface area (Å²) in [5, 5.41) is 14.6. The maximum atomic E-state index is 12.4. The predicted molar refractivity (Wildman–Crippen MR) is 103 cm³/mol. The fraction of sp³-hybridized carbons (Fsp3) is 0.105. The van der Waals surface area contributed by atoms with Gasteiger partial charge < -0.3 is 15.2 Å². The first-order valence-corrected chi connectivity index (χ1v) is 8.66. The number of aromatic nitrogens is 1. The maximum absolute atomic E-state index is 12.4. The largest absolute Gasteiger partial charge is 0.506 e. The summed E-state index contributed by atoms with van der Waals surface area (Å²) in [5.41, 5.74) is -0.0315. The molecule has 1 heterocycles. The number of anilines is 1. The van der Waals surface area contributed by atoms with Crippen LogP contribution in [0.5, 0.6) is 5.75 Å². The smallest absolute Gasteiger partial charge is 0.342 e. The van der Waals surface area contributed by atoms with Crippen LogP contribution in [0.25, 0.3) is 10.8 Å². The van der Waals surface area contributed by atoms with Crippen molar-refractivity contribution in [1.82, 2.24) is 4.98 Å². The van der Waals surface area contributed by atoms with Crippen LogP contribution >= 0.6 is 23.2 Å². The van der Waals surface area contributed by atoms with Crippen molar-refractivity contribution in [3.8, 4) is 5.75 Å². The Bertz CT molecular complexity index is 1040. The highest BCUT2D eigenvalue weighted by Gasteiger charge is 2.22. The highest BCUT2D eigenvalue weighted by molar-refractivity contribution is 6.36. The molecule has 1 aromatic heterocycles. The van der Waals surface area contributed by atoms with Crippen molar-refractivity contribution in [2.24, 2.45) is 0 Å². The Kier molecular flexibility index (Phi) is 5.48. The Hall–Kier alpha value is -2.83. The molecule has 27 heavy (non-hydrogen) atoms. The number of aromatic hydroxyl groups is 1. The second kappa shape index (κ2) is 7.82. The zero-order valence-electron chi connectivity index (χ0n) is 14.1. The summed E-state index contributed by atoms with van der Waals surface area (Å²) in [6.07, 6.45) is 0.184. The van der Waals surface area contributed by atoms with Crippen molar-refractivity contribution in [2.75, 3.05) is 5.32 Å². The molecule has 0 radical (unpaired) electrons. The van der Waals surface area contributed by atoms with Crippen LogP contribution in [0, 0.1) is 0 Å². The molecule has 2 aromatic carbocycles. The maximum Gasteiger partial charge on any atom is 0.342 e. The molecule has 1 amide bonds. The van der Waals surface area contributed by atoms with Gasteiger partial charge in [0, 0.05) is 11.6 Å².